The van der Waals surface area contributed by atoms with Gasteiger partial charge in [-0.05, 0) is 24.6 Å². The molecule has 0 aliphatic heterocycles. The highest BCUT2D eigenvalue weighted by atomic mass is 35.5. The molecule has 1 aromatic heterocycles. The Balaban J connectivity index is 1.62. The third-order valence-corrected chi connectivity index (χ3v) is 2.80. The van der Waals surface area contributed by atoms with Crippen LogP contribution in [0.4, 0.5) is 10.7 Å². The first kappa shape index (κ1) is 15.1. The van der Waals surface area contributed by atoms with Crippen LogP contribution in [0.25, 0.3) is 0 Å². The molecule has 0 aliphatic rings. The number of aromatic nitrogens is 2. The molecule has 0 atom stereocenters. The van der Waals surface area contributed by atoms with E-state index in [9.17, 15) is 4.79 Å². The molecule has 0 unspecified atom stereocenters. The van der Waals surface area contributed by atoms with E-state index in [4.69, 9.17) is 16.3 Å². The van der Waals surface area contributed by atoms with Crippen molar-refractivity contribution in [3.05, 3.63) is 47.7 Å². The zero-order chi connectivity index (χ0) is 14.9. The van der Waals surface area contributed by atoms with Crippen molar-refractivity contribution >= 4 is 23.6 Å². The first-order valence-corrected chi connectivity index (χ1v) is 6.83. The van der Waals surface area contributed by atoms with Gasteiger partial charge >= 0.3 is 6.03 Å². The quantitative estimate of drug-likeness (QED) is 0.805. The Hall–Kier alpha value is -2.34. The maximum Gasteiger partial charge on any atom is 0.321 e. The minimum atomic E-state index is -0.348. The van der Waals surface area contributed by atoms with Crippen molar-refractivity contribution in [2.24, 2.45) is 0 Å². The number of ether oxygens (including phenoxy) is 1. The number of urea groups is 1. The molecular weight excluding hydrogens is 292 g/mol. The van der Waals surface area contributed by atoms with Crippen LogP contribution in [-0.4, -0.2) is 29.2 Å². The van der Waals surface area contributed by atoms with E-state index in [0.717, 1.165) is 0 Å². The van der Waals surface area contributed by atoms with E-state index in [2.05, 4.69) is 20.6 Å². The molecule has 21 heavy (non-hydrogen) atoms. The number of rotatable bonds is 6. The minimum absolute atomic E-state index is 0.266. The topological polar surface area (TPSA) is 76.1 Å². The number of hydrogen-bond donors (Lipinski definition) is 2. The van der Waals surface area contributed by atoms with Gasteiger partial charge in [0.15, 0.2) is 0 Å². The van der Waals surface area contributed by atoms with Crippen LogP contribution in [0.5, 0.6) is 5.75 Å². The van der Waals surface area contributed by atoms with E-state index < -0.39 is 0 Å². The SMILES string of the molecule is O=C(NCCCOc1ccccc1Cl)Nc1ncccn1. The van der Waals surface area contributed by atoms with Crippen molar-refractivity contribution in [3.63, 3.8) is 0 Å². The maximum atomic E-state index is 11.5. The summed E-state index contributed by atoms with van der Waals surface area (Å²) in [5.41, 5.74) is 0. The van der Waals surface area contributed by atoms with Crippen molar-refractivity contribution in [1.29, 1.82) is 0 Å². The van der Waals surface area contributed by atoms with Gasteiger partial charge in [-0.2, -0.15) is 0 Å². The summed E-state index contributed by atoms with van der Waals surface area (Å²) in [4.78, 5) is 19.3. The number of amides is 2. The molecule has 0 saturated heterocycles. The number of benzene rings is 1. The number of nitrogens with zero attached hydrogens (tertiary/aromatic N) is 2. The molecule has 2 amide bonds. The molecule has 0 radical (unpaired) electrons. The van der Waals surface area contributed by atoms with Crippen LogP contribution in [-0.2, 0) is 0 Å². The van der Waals surface area contributed by atoms with Crippen LogP contribution in [0.15, 0.2) is 42.7 Å². The summed E-state index contributed by atoms with van der Waals surface area (Å²) in [6.45, 7) is 0.939. The number of para-hydroxylation sites is 1. The lowest BCUT2D eigenvalue weighted by molar-refractivity contribution is 0.250. The number of halogens is 1. The Morgan fingerprint density at radius 1 is 1.19 bits per heavy atom. The third kappa shape index (κ3) is 5.27. The van der Waals surface area contributed by atoms with Gasteiger partial charge in [0.1, 0.15) is 5.75 Å². The van der Waals surface area contributed by atoms with Crippen LogP contribution in [0.1, 0.15) is 6.42 Å². The van der Waals surface area contributed by atoms with E-state index in [0.29, 0.717) is 30.3 Å². The zero-order valence-electron chi connectivity index (χ0n) is 11.3. The molecule has 1 heterocycles. The predicted molar refractivity (Wildman–Crippen MR) is 80.6 cm³/mol. The summed E-state index contributed by atoms with van der Waals surface area (Å²) in [5, 5.41) is 5.79. The fourth-order valence-corrected chi connectivity index (χ4v) is 1.72. The van der Waals surface area contributed by atoms with Gasteiger partial charge in [0.25, 0.3) is 0 Å². The van der Waals surface area contributed by atoms with Crippen molar-refractivity contribution in [1.82, 2.24) is 15.3 Å². The van der Waals surface area contributed by atoms with E-state index in [1.54, 1.807) is 30.6 Å². The molecule has 2 rings (SSSR count). The second-order valence-corrected chi connectivity index (χ2v) is 4.49. The van der Waals surface area contributed by atoms with Crippen LogP contribution >= 0.6 is 11.6 Å². The van der Waals surface area contributed by atoms with Gasteiger partial charge in [-0.15, -0.1) is 0 Å². The highest BCUT2D eigenvalue weighted by Crippen LogP contribution is 2.22. The van der Waals surface area contributed by atoms with Gasteiger partial charge in [0.2, 0.25) is 5.95 Å². The minimum Gasteiger partial charge on any atom is -0.492 e. The third-order valence-electron chi connectivity index (χ3n) is 2.49. The lowest BCUT2D eigenvalue weighted by Gasteiger charge is -2.08. The Morgan fingerprint density at radius 2 is 1.95 bits per heavy atom. The molecule has 6 nitrogen and oxygen atoms in total. The Bertz CT molecular complexity index is 580. The summed E-state index contributed by atoms with van der Waals surface area (Å²) in [6.07, 6.45) is 3.77. The molecule has 2 N–H and O–H groups in total. The highest BCUT2D eigenvalue weighted by Gasteiger charge is 2.03. The van der Waals surface area contributed by atoms with Gasteiger partial charge < -0.3 is 10.1 Å². The predicted octanol–water partition coefficient (Wildman–Crippen LogP) is 2.72. The molecule has 0 bridgehead atoms. The lowest BCUT2D eigenvalue weighted by atomic mass is 10.3. The van der Waals surface area contributed by atoms with Crippen molar-refractivity contribution in [3.8, 4) is 5.75 Å². The average Bonchev–Trinajstić information content (AvgIpc) is 2.50. The largest absolute Gasteiger partial charge is 0.492 e. The monoisotopic (exact) mass is 306 g/mol. The smallest absolute Gasteiger partial charge is 0.321 e. The molecule has 0 saturated carbocycles. The Kier molecular flexibility index (Phi) is 5.78. The van der Waals surface area contributed by atoms with Crippen molar-refractivity contribution in [2.75, 3.05) is 18.5 Å². The summed E-state index contributed by atoms with van der Waals surface area (Å²) >= 11 is 5.96. The average molecular weight is 307 g/mol. The Morgan fingerprint density at radius 3 is 2.71 bits per heavy atom. The van der Waals surface area contributed by atoms with E-state index in [1.165, 1.54) is 0 Å². The van der Waals surface area contributed by atoms with Gasteiger partial charge in [-0.3, -0.25) is 5.32 Å². The number of anilines is 1. The maximum absolute atomic E-state index is 11.5. The molecule has 110 valence electrons. The summed E-state index contributed by atoms with van der Waals surface area (Å²) < 4.78 is 5.51. The van der Waals surface area contributed by atoms with Gasteiger partial charge in [-0.25, -0.2) is 14.8 Å². The number of carbonyl (C=O) groups is 1. The molecule has 0 aliphatic carbocycles. The van der Waals surface area contributed by atoms with Gasteiger partial charge in [0.05, 0.1) is 11.6 Å². The standard InChI is InChI=1S/C14H15ClN4O2/c15-11-5-1-2-6-12(11)21-10-4-9-18-14(20)19-13-16-7-3-8-17-13/h1-3,5-8H,4,9-10H2,(H2,16,17,18,19,20). The zero-order valence-corrected chi connectivity index (χ0v) is 12.0. The molecule has 2 aromatic rings. The first-order chi connectivity index (χ1) is 10.3. The number of hydrogen-bond acceptors (Lipinski definition) is 4. The van der Waals surface area contributed by atoms with E-state index in [1.807, 2.05) is 12.1 Å². The van der Waals surface area contributed by atoms with Crippen LogP contribution in [0.2, 0.25) is 5.02 Å². The first-order valence-electron chi connectivity index (χ1n) is 6.45. The van der Waals surface area contributed by atoms with Gasteiger partial charge in [-0.1, -0.05) is 23.7 Å². The second-order valence-electron chi connectivity index (χ2n) is 4.09. The van der Waals surface area contributed by atoms with Crippen molar-refractivity contribution < 1.29 is 9.53 Å². The van der Waals surface area contributed by atoms with Crippen molar-refractivity contribution in [2.45, 2.75) is 6.42 Å². The van der Waals surface area contributed by atoms with Crippen LogP contribution in [0.3, 0.4) is 0 Å². The van der Waals surface area contributed by atoms with Crippen LogP contribution < -0.4 is 15.4 Å². The normalized spacial score (nSPS) is 9.95. The molecule has 0 spiro atoms. The van der Waals surface area contributed by atoms with E-state index >= 15 is 0 Å². The Labute approximate surface area is 127 Å². The number of nitrogens with one attached hydrogen (secondary N) is 2. The second kappa shape index (κ2) is 8.06. The molecule has 7 heteroatoms. The molecule has 1 aromatic carbocycles. The fourth-order valence-electron chi connectivity index (χ4n) is 1.53. The highest BCUT2D eigenvalue weighted by molar-refractivity contribution is 6.32. The summed E-state index contributed by atoms with van der Waals surface area (Å²) in [6, 6.07) is 8.59. The number of carbonyl (C=O) groups excluding carboxylic acids is 1. The van der Waals surface area contributed by atoms with E-state index in [-0.39, 0.29) is 12.0 Å². The molecular formula is C14H15ClN4O2. The van der Waals surface area contributed by atoms with Gasteiger partial charge in [0, 0.05) is 18.9 Å². The summed E-state index contributed by atoms with van der Waals surface area (Å²) in [7, 11) is 0. The molecule has 0 fully saturated rings. The summed E-state index contributed by atoms with van der Waals surface area (Å²) in [5.74, 6) is 0.906. The lowest BCUT2D eigenvalue weighted by Crippen LogP contribution is -2.30. The fraction of sp³-hybridized carbons (Fsp3) is 0.214. The van der Waals surface area contributed by atoms with Crippen LogP contribution in [0, 0.1) is 0 Å².